The molecule has 0 aliphatic carbocycles. The molecule has 1 unspecified atom stereocenters. The van der Waals surface area contributed by atoms with Crippen molar-refractivity contribution in [2.24, 2.45) is 0 Å². The number of nitrogens with zero attached hydrogens (tertiary/aromatic N) is 2. The molecule has 1 aliphatic heterocycles. The molecule has 0 aromatic heterocycles. The minimum Gasteiger partial charge on any atom is -0.465 e. The van der Waals surface area contributed by atoms with E-state index in [9.17, 15) is 17.6 Å². The van der Waals surface area contributed by atoms with Crippen molar-refractivity contribution in [3.63, 3.8) is 0 Å². The summed E-state index contributed by atoms with van der Waals surface area (Å²) in [6.07, 6.45) is -0.0144. The highest BCUT2D eigenvalue weighted by molar-refractivity contribution is 7.90. The largest absolute Gasteiger partial charge is 0.465 e. The molecule has 8 heteroatoms. The van der Waals surface area contributed by atoms with Crippen LogP contribution in [0.1, 0.15) is 6.92 Å². The lowest BCUT2D eigenvalue weighted by Crippen LogP contribution is -2.53. The van der Waals surface area contributed by atoms with Crippen LogP contribution in [0.25, 0.3) is 0 Å². The highest BCUT2D eigenvalue weighted by atomic mass is 32.2. The predicted molar refractivity (Wildman–Crippen MR) is 75.9 cm³/mol. The first kappa shape index (κ1) is 15.6. The van der Waals surface area contributed by atoms with Gasteiger partial charge >= 0.3 is 6.09 Å². The Balaban J connectivity index is 2.21. The quantitative estimate of drug-likeness (QED) is 0.893. The molecule has 1 N–H and O–H groups in total. The van der Waals surface area contributed by atoms with Crippen molar-refractivity contribution in [1.29, 1.82) is 0 Å². The molecule has 2 rings (SSSR count). The van der Waals surface area contributed by atoms with Crippen LogP contribution in [0.4, 0.5) is 14.9 Å². The van der Waals surface area contributed by atoms with Crippen LogP contribution in [-0.4, -0.2) is 56.4 Å². The van der Waals surface area contributed by atoms with Gasteiger partial charge in [0.05, 0.1) is 0 Å². The molecule has 1 fully saturated rings. The summed E-state index contributed by atoms with van der Waals surface area (Å²) in [4.78, 5) is 13.8. The molecule has 0 bridgehead atoms. The highest BCUT2D eigenvalue weighted by Crippen LogP contribution is 2.24. The normalized spacial score (nSPS) is 19.7. The van der Waals surface area contributed by atoms with E-state index in [0.29, 0.717) is 25.3 Å². The number of rotatable bonds is 2. The molecule has 0 radical (unpaired) electrons. The van der Waals surface area contributed by atoms with Gasteiger partial charge in [-0.05, 0) is 25.1 Å². The first-order valence-corrected chi connectivity index (χ1v) is 8.33. The minimum atomic E-state index is -3.59. The van der Waals surface area contributed by atoms with Gasteiger partial charge in [-0.2, -0.15) is 0 Å². The van der Waals surface area contributed by atoms with Gasteiger partial charge in [0, 0.05) is 37.6 Å². The average molecular weight is 316 g/mol. The molecule has 21 heavy (non-hydrogen) atoms. The van der Waals surface area contributed by atoms with Crippen LogP contribution in [0, 0.1) is 5.82 Å². The Bertz CT molecular complexity index is 662. The van der Waals surface area contributed by atoms with Gasteiger partial charge in [0.1, 0.15) is 10.7 Å². The lowest BCUT2D eigenvalue weighted by molar-refractivity contribution is 0.122. The molecule has 0 spiro atoms. The second-order valence-corrected chi connectivity index (χ2v) is 7.14. The van der Waals surface area contributed by atoms with Crippen molar-refractivity contribution < 1.29 is 22.7 Å². The van der Waals surface area contributed by atoms with E-state index in [0.717, 1.165) is 6.26 Å². The van der Waals surface area contributed by atoms with E-state index >= 15 is 0 Å². The van der Waals surface area contributed by atoms with Crippen LogP contribution in [0.5, 0.6) is 0 Å². The van der Waals surface area contributed by atoms with Crippen molar-refractivity contribution in [1.82, 2.24) is 4.90 Å². The topological polar surface area (TPSA) is 77.9 Å². The fourth-order valence-corrected chi connectivity index (χ4v) is 3.19. The molecule has 1 saturated heterocycles. The molecule has 1 aliphatic rings. The third kappa shape index (κ3) is 3.26. The van der Waals surface area contributed by atoms with Gasteiger partial charge in [-0.1, -0.05) is 0 Å². The maximum Gasteiger partial charge on any atom is 0.407 e. The monoisotopic (exact) mass is 316 g/mol. The molecule has 1 heterocycles. The summed E-state index contributed by atoms with van der Waals surface area (Å²) >= 11 is 0. The Morgan fingerprint density at radius 3 is 2.52 bits per heavy atom. The average Bonchev–Trinajstić information content (AvgIpc) is 2.36. The fourth-order valence-electron chi connectivity index (χ4n) is 2.46. The van der Waals surface area contributed by atoms with E-state index < -0.39 is 21.7 Å². The summed E-state index contributed by atoms with van der Waals surface area (Å²) in [5.74, 6) is -0.789. The molecular formula is C13H17FN2O4S. The number of sulfone groups is 1. The lowest BCUT2D eigenvalue weighted by Gasteiger charge is -2.39. The second kappa shape index (κ2) is 5.51. The van der Waals surface area contributed by atoms with Crippen LogP contribution in [0.3, 0.4) is 0 Å². The van der Waals surface area contributed by atoms with Crippen molar-refractivity contribution >= 4 is 21.6 Å². The van der Waals surface area contributed by atoms with E-state index in [4.69, 9.17) is 5.11 Å². The number of carboxylic acid groups (broad SMARTS) is 1. The van der Waals surface area contributed by atoms with E-state index in [1.54, 1.807) is 13.0 Å². The molecule has 0 saturated carbocycles. The number of piperazine rings is 1. The Hall–Kier alpha value is -1.83. The first-order valence-electron chi connectivity index (χ1n) is 6.44. The summed E-state index contributed by atoms with van der Waals surface area (Å²) in [7, 11) is -3.59. The zero-order chi connectivity index (χ0) is 15.8. The molecule has 6 nitrogen and oxygen atoms in total. The molecule has 116 valence electrons. The van der Waals surface area contributed by atoms with Crippen LogP contribution in [0.15, 0.2) is 23.1 Å². The van der Waals surface area contributed by atoms with E-state index in [1.807, 2.05) is 4.90 Å². The van der Waals surface area contributed by atoms with Crippen LogP contribution >= 0.6 is 0 Å². The fraction of sp³-hybridized carbons (Fsp3) is 0.462. The summed E-state index contributed by atoms with van der Waals surface area (Å²) < 4.78 is 36.7. The predicted octanol–water partition coefficient (Wildman–Crippen LogP) is 1.42. The number of hydrogen-bond donors (Lipinski definition) is 1. The van der Waals surface area contributed by atoms with Gasteiger partial charge in [0.15, 0.2) is 9.84 Å². The Labute approximate surface area is 122 Å². The number of carbonyl (C=O) groups is 1. The minimum absolute atomic E-state index is 0.214. The van der Waals surface area contributed by atoms with E-state index in [-0.39, 0.29) is 10.9 Å². The summed E-state index contributed by atoms with van der Waals surface area (Å²) in [6.45, 7) is 2.98. The van der Waals surface area contributed by atoms with Crippen molar-refractivity contribution in [2.75, 3.05) is 30.8 Å². The lowest BCUT2D eigenvalue weighted by atomic mass is 10.1. The van der Waals surface area contributed by atoms with Crippen LogP contribution in [0.2, 0.25) is 0 Å². The molecule has 1 amide bonds. The zero-order valence-electron chi connectivity index (χ0n) is 11.8. The van der Waals surface area contributed by atoms with Gasteiger partial charge in [-0.15, -0.1) is 0 Å². The first-order chi connectivity index (χ1) is 9.70. The number of hydrogen-bond acceptors (Lipinski definition) is 4. The maximum atomic E-state index is 13.9. The molecule has 1 aromatic rings. The third-order valence-electron chi connectivity index (χ3n) is 3.55. The Morgan fingerprint density at radius 2 is 2.05 bits per heavy atom. The van der Waals surface area contributed by atoms with Gasteiger partial charge in [0.2, 0.25) is 0 Å². The van der Waals surface area contributed by atoms with Gasteiger partial charge < -0.3 is 14.9 Å². The number of benzene rings is 1. The SMILES string of the molecule is CC1CN(c2ccc(S(C)(=O)=O)c(F)c2)CCN1C(=O)O. The maximum absolute atomic E-state index is 13.9. The van der Waals surface area contributed by atoms with Crippen LogP contribution in [-0.2, 0) is 9.84 Å². The second-order valence-electron chi connectivity index (χ2n) is 5.16. The molecule has 1 aromatic carbocycles. The van der Waals surface area contributed by atoms with Crippen molar-refractivity contribution in [3.8, 4) is 0 Å². The summed E-state index contributed by atoms with van der Waals surface area (Å²) in [6, 6.07) is 3.75. The number of halogens is 1. The summed E-state index contributed by atoms with van der Waals surface area (Å²) in [5.41, 5.74) is 0.553. The number of anilines is 1. The van der Waals surface area contributed by atoms with Crippen LogP contribution < -0.4 is 4.90 Å². The highest BCUT2D eigenvalue weighted by Gasteiger charge is 2.27. The van der Waals surface area contributed by atoms with Crippen molar-refractivity contribution in [3.05, 3.63) is 24.0 Å². The Morgan fingerprint density at radius 1 is 1.38 bits per heavy atom. The Kier molecular flexibility index (Phi) is 4.08. The molecular weight excluding hydrogens is 299 g/mol. The van der Waals surface area contributed by atoms with E-state index in [1.165, 1.54) is 17.0 Å². The van der Waals surface area contributed by atoms with Gasteiger partial charge in [0.25, 0.3) is 0 Å². The van der Waals surface area contributed by atoms with Crippen molar-refractivity contribution in [2.45, 2.75) is 17.9 Å². The standard InChI is InChI=1S/C13H17FN2O4S/c1-9-8-15(5-6-16(9)13(17)18)10-3-4-12(11(14)7-10)21(2,19)20/h3-4,7,9H,5-6,8H2,1-2H3,(H,17,18). The summed E-state index contributed by atoms with van der Waals surface area (Å²) in [5, 5.41) is 9.02. The zero-order valence-corrected chi connectivity index (χ0v) is 12.6. The number of amides is 1. The van der Waals surface area contributed by atoms with E-state index in [2.05, 4.69) is 0 Å². The molecule has 1 atom stereocenters. The van der Waals surface area contributed by atoms with Gasteiger partial charge in [-0.25, -0.2) is 17.6 Å². The third-order valence-corrected chi connectivity index (χ3v) is 4.68. The smallest absolute Gasteiger partial charge is 0.407 e. The van der Waals surface area contributed by atoms with Gasteiger partial charge in [-0.3, -0.25) is 0 Å².